The summed E-state index contributed by atoms with van der Waals surface area (Å²) in [7, 11) is 0. The summed E-state index contributed by atoms with van der Waals surface area (Å²) >= 11 is 0. The van der Waals surface area contributed by atoms with Crippen molar-refractivity contribution in [2.75, 3.05) is 5.32 Å². The first kappa shape index (κ1) is 17.6. The van der Waals surface area contributed by atoms with Gasteiger partial charge < -0.3 is 10.4 Å². The van der Waals surface area contributed by atoms with Gasteiger partial charge in [0.1, 0.15) is 0 Å². The number of carboxylic acid groups (broad SMARTS) is 1. The molecular formula is C15H20N2O5. The molecule has 1 aromatic carbocycles. The number of carbonyl (C=O) groups is 2. The van der Waals surface area contributed by atoms with Crippen molar-refractivity contribution >= 4 is 23.3 Å². The number of rotatable bonds is 9. The largest absolute Gasteiger partial charge is 0.481 e. The Morgan fingerprint density at radius 1 is 1.36 bits per heavy atom. The molecule has 0 aliphatic rings. The molecule has 0 saturated carbocycles. The second kappa shape index (κ2) is 8.76. The van der Waals surface area contributed by atoms with Crippen molar-refractivity contribution in [1.82, 2.24) is 0 Å². The van der Waals surface area contributed by atoms with E-state index in [9.17, 15) is 19.7 Å². The average Bonchev–Trinajstić information content (AvgIpc) is 2.47. The number of aliphatic carboxylic acids is 1. The summed E-state index contributed by atoms with van der Waals surface area (Å²) < 4.78 is 0. The zero-order chi connectivity index (χ0) is 16.5. The molecule has 0 bridgehead atoms. The summed E-state index contributed by atoms with van der Waals surface area (Å²) in [6.07, 6.45) is 2.60. The highest BCUT2D eigenvalue weighted by Gasteiger charge is 2.18. The van der Waals surface area contributed by atoms with E-state index < -0.39 is 16.8 Å². The van der Waals surface area contributed by atoms with Crippen LogP contribution in [0.25, 0.3) is 0 Å². The molecule has 1 atom stereocenters. The number of unbranched alkanes of at least 4 members (excludes halogenated alkanes) is 1. The minimum absolute atomic E-state index is 0.0728. The summed E-state index contributed by atoms with van der Waals surface area (Å²) in [6.45, 7) is 1.98. The first-order valence-electron chi connectivity index (χ1n) is 7.21. The van der Waals surface area contributed by atoms with Crippen molar-refractivity contribution in [2.24, 2.45) is 5.92 Å². The Morgan fingerprint density at radius 3 is 2.68 bits per heavy atom. The second-order valence-corrected chi connectivity index (χ2v) is 5.07. The molecule has 7 heteroatoms. The minimum atomic E-state index is -0.892. The fourth-order valence-electron chi connectivity index (χ4n) is 2.07. The molecule has 0 unspecified atom stereocenters. The number of benzene rings is 1. The van der Waals surface area contributed by atoms with Crippen LogP contribution in [0.1, 0.15) is 39.0 Å². The number of nitro groups is 1. The molecule has 1 aromatic rings. The topological polar surface area (TPSA) is 110 Å². The smallest absolute Gasteiger partial charge is 0.306 e. The van der Waals surface area contributed by atoms with Gasteiger partial charge in [-0.15, -0.1) is 0 Å². The van der Waals surface area contributed by atoms with Gasteiger partial charge in [0, 0.05) is 24.2 Å². The lowest BCUT2D eigenvalue weighted by molar-refractivity contribution is -0.384. The first-order chi connectivity index (χ1) is 10.4. The normalized spacial score (nSPS) is 11.7. The van der Waals surface area contributed by atoms with Crippen LogP contribution in [0.2, 0.25) is 0 Å². The Balaban J connectivity index is 2.53. The summed E-state index contributed by atoms with van der Waals surface area (Å²) in [4.78, 5) is 33.0. The fourth-order valence-corrected chi connectivity index (χ4v) is 2.07. The zero-order valence-corrected chi connectivity index (χ0v) is 12.4. The quantitative estimate of drug-likeness (QED) is 0.537. The standard InChI is InChI=1S/C15H20N2O5/c1-2-3-5-11(15(19)20)8-9-14(18)16-12-6-4-7-13(10-12)17(21)22/h4,6-7,10-11H,2-3,5,8-9H2,1H3,(H,16,18)(H,19,20)/t11-/m1/s1. The van der Waals surface area contributed by atoms with Crippen LogP contribution in [0.15, 0.2) is 24.3 Å². The maximum absolute atomic E-state index is 11.8. The molecule has 1 rings (SSSR count). The molecule has 120 valence electrons. The molecule has 0 heterocycles. The van der Waals surface area contributed by atoms with Gasteiger partial charge in [-0.2, -0.15) is 0 Å². The highest BCUT2D eigenvalue weighted by atomic mass is 16.6. The van der Waals surface area contributed by atoms with E-state index in [1.807, 2.05) is 6.92 Å². The number of amides is 1. The maximum atomic E-state index is 11.8. The molecule has 2 N–H and O–H groups in total. The van der Waals surface area contributed by atoms with Crippen molar-refractivity contribution in [3.05, 3.63) is 34.4 Å². The van der Waals surface area contributed by atoms with Crippen LogP contribution >= 0.6 is 0 Å². The van der Waals surface area contributed by atoms with E-state index in [1.165, 1.54) is 18.2 Å². The monoisotopic (exact) mass is 308 g/mol. The Labute approximate surface area is 128 Å². The molecule has 0 aliphatic heterocycles. The number of hydrogen-bond donors (Lipinski definition) is 2. The summed E-state index contributed by atoms with van der Waals surface area (Å²) in [5.74, 6) is -1.77. The van der Waals surface area contributed by atoms with Gasteiger partial charge in [0.2, 0.25) is 5.91 Å². The lowest BCUT2D eigenvalue weighted by atomic mass is 9.97. The Morgan fingerprint density at radius 2 is 2.09 bits per heavy atom. The summed E-state index contributed by atoms with van der Waals surface area (Å²) in [5, 5.41) is 22.3. The third-order valence-electron chi connectivity index (χ3n) is 3.32. The first-order valence-corrected chi connectivity index (χ1v) is 7.21. The Bertz CT molecular complexity index is 544. The molecule has 22 heavy (non-hydrogen) atoms. The van der Waals surface area contributed by atoms with Crippen LogP contribution in [0.4, 0.5) is 11.4 Å². The number of nitrogens with zero attached hydrogens (tertiary/aromatic N) is 1. The maximum Gasteiger partial charge on any atom is 0.306 e. The lowest BCUT2D eigenvalue weighted by Gasteiger charge is -2.11. The van der Waals surface area contributed by atoms with Crippen LogP contribution in [0.3, 0.4) is 0 Å². The van der Waals surface area contributed by atoms with Crippen molar-refractivity contribution < 1.29 is 19.6 Å². The van der Waals surface area contributed by atoms with Gasteiger partial charge in [0.15, 0.2) is 0 Å². The Hall–Kier alpha value is -2.44. The van der Waals surface area contributed by atoms with Crippen LogP contribution in [0, 0.1) is 16.0 Å². The molecule has 0 fully saturated rings. The van der Waals surface area contributed by atoms with Crippen molar-refractivity contribution in [2.45, 2.75) is 39.0 Å². The minimum Gasteiger partial charge on any atom is -0.481 e. The van der Waals surface area contributed by atoms with Crippen LogP contribution in [-0.2, 0) is 9.59 Å². The average molecular weight is 308 g/mol. The number of nitro benzene ring substituents is 1. The number of anilines is 1. The van der Waals surface area contributed by atoms with Crippen molar-refractivity contribution in [1.29, 1.82) is 0 Å². The number of nitrogens with one attached hydrogen (secondary N) is 1. The van der Waals surface area contributed by atoms with Gasteiger partial charge in [-0.25, -0.2) is 0 Å². The van der Waals surface area contributed by atoms with E-state index in [4.69, 9.17) is 5.11 Å². The number of carboxylic acids is 1. The molecule has 0 aromatic heterocycles. The second-order valence-electron chi connectivity index (χ2n) is 5.07. The van der Waals surface area contributed by atoms with E-state index in [0.29, 0.717) is 12.1 Å². The lowest BCUT2D eigenvalue weighted by Crippen LogP contribution is -2.18. The summed E-state index contributed by atoms with van der Waals surface area (Å²) in [5.41, 5.74) is 0.226. The third-order valence-corrected chi connectivity index (χ3v) is 3.32. The molecular weight excluding hydrogens is 288 g/mol. The van der Waals surface area contributed by atoms with Crippen LogP contribution < -0.4 is 5.32 Å². The third kappa shape index (κ3) is 5.90. The molecule has 1 amide bonds. The highest BCUT2D eigenvalue weighted by molar-refractivity contribution is 5.91. The fraction of sp³-hybridized carbons (Fsp3) is 0.467. The number of non-ortho nitro benzene ring substituents is 1. The van der Waals surface area contributed by atoms with E-state index in [1.54, 1.807) is 6.07 Å². The van der Waals surface area contributed by atoms with Crippen LogP contribution in [0.5, 0.6) is 0 Å². The molecule has 0 spiro atoms. The number of carbonyl (C=O) groups excluding carboxylic acids is 1. The molecule has 0 radical (unpaired) electrons. The van der Waals surface area contributed by atoms with Gasteiger partial charge >= 0.3 is 5.97 Å². The van der Waals surface area contributed by atoms with E-state index >= 15 is 0 Å². The van der Waals surface area contributed by atoms with Gasteiger partial charge in [-0.3, -0.25) is 19.7 Å². The SMILES string of the molecule is CCCC[C@H](CCC(=O)Nc1cccc([N+](=O)[O-])c1)C(=O)O. The predicted molar refractivity (Wildman–Crippen MR) is 81.6 cm³/mol. The zero-order valence-electron chi connectivity index (χ0n) is 12.4. The van der Waals surface area contributed by atoms with E-state index in [-0.39, 0.29) is 24.4 Å². The van der Waals surface area contributed by atoms with Crippen molar-refractivity contribution in [3.8, 4) is 0 Å². The predicted octanol–water partition coefficient (Wildman–Crippen LogP) is 3.20. The van der Waals surface area contributed by atoms with Gasteiger partial charge in [0.05, 0.1) is 10.8 Å². The molecule has 0 saturated heterocycles. The van der Waals surface area contributed by atoms with Gasteiger partial charge in [0.25, 0.3) is 5.69 Å². The highest BCUT2D eigenvalue weighted by Crippen LogP contribution is 2.19. The summed E-state index contributed by atoms with van der Waals surface area (Å²) in [6, 6.07) is 5.64. The van der Waals surface area contributed by atoms with E-state index in [2.05, 4.69) is 5.32 Å². The van der Waals surface area contributed by atoms with Gasteiger partial charge in [-0.1, -0.05) is 25.8 Å². The van der Waals surface area contributed by atoms with E-state index in [0.717, 1.165) is 12.8 Å². The van der Waals surface area contributed by atoms with Gasteiger partial charge in [-0.05, 0) is 18.9 Å². The van der Waals surface area contributed by atoms with Crippen LogP contribution in [-0.4, -0.2) is 21.9 Å². The van der Waals surface area contributed by atoms with Crippen molar-refractivity contribution in [3.63, 3.8) is 0 Å². The molecule has 7 nitrogen and oxygen atoms in total. The molecule has 0 aliphatic carbocycles. The number of hydrogen-bond acceptors (Lipinski definition) is 4. The Kier molecular flexibility index (Phi) is 7.01.